The molecule has 0 aliphatic heterocycles. The average Bonchev–Trinajstić information content (AvgIpc) is 2.91. The van der Waals surface area contributed by atoms with E-state index in [-0.39, 0.29) is 4.90 Å². The largest absolute Gasteiger partial charge is 0.269 e. The third-order valence-corrected chi connectivity index (χ3v) is 4.71. The SMILES string of the molecule is C=Cc1ccc2ccn(S(=O)(=O)c3ccccc3)c2n1. The summed E-state index contributed by atoms with van der Waals surface area (Å²) in [5.74, 6) is 0. The summed E-state index contributed by atoms with van der Waals surface area (Å²) in [5, 5.41) is 0.773. The zero-order valence-corrected chi connectivity index (χ0v) is 11.4. The van der Waals surface area contributed by atoms with Gasteiger partial charge in [-0.05, 0) is 36.4 Å². The monoisotopic (exact) mass is 284 g/mol. The van der Waals surface area contributed by atoms with Gasteiger partial charge >= 0.3 is 0 Å². The van der Waals surface area contributed by atoms with Gasteiger partial charge in [-0.15, -0.1) is 0 Å². The summed E-state index contributed by atoms with van der Waals surface area (Å²) in [4.78, 5) is 4.55. The van der Waals surface area contributed by atoms with Crippen molar-refractivity contribution < 1.29 is 8.42 Å². The lowest BCUT2D eigenvalue weighted by Crippen LogP contribution is -2.12. The molecular formula is C15H12N2O2S. The first kappa shape index (κ1) is 12.6. The Kier molecular flexibility index (Phi) is 2.91. The molecule has 5 heteroatoms. The lowest BCUT2D eigenvalue weighted by molar-refractivity contribution is 0.589. The Morgan fingerprint density at radius 1 is 1.05 bits per heavy atom. The van der Waals surface area contributed by atoms with Crippen molar-refractivity contribution in [3.63, 3.8) is 0 Å². The second kappa shape index (κ2) is 4.61. The molecule has 3 rings (SSSR count). The van der Waals surface area contributed by atoms with E-state index in [1.165, 1.54) is 10.2 Å². The molecule has 2 aromatic heterocycles. The van der Waals surface area contributed by atoms with E-state index in [9.17, 15) is 8.42 Å². The van der Waals surface area contributed by atoms with Crippen molar-refractivity contribution in [2.45, 2.75) is 4.90 Å². The molecule has 0 aliphatic rings. The number of hydrogen-bond donors (Lipinski definition) is 0. The highest BCUT2D eigenvalue weighted by molar-refractivity contribution is 7.90. The van der Waals surface area contributed by atoms with Crippen LogP contribution in [0.3, 0.4) is 0 Å². The highest BCUT2D eigenvalue weighted by Crippen LogP contribution is 2.21. The maximum absolute atomic E-state index is 12.6. The topological polar surface area (TPSA) is 52.0 Å². The molecule has 20 heavy (non-hydrogen) atoms. The van der Waals surface area contributed by atoms with Gasteiger partial charge in [-0.1, -0.05) is 24.8 Å². The molecule has 3 aromatic rings. The van der Waals surface area contributed by atoms with E-state index in [0.717, 1.165) is 5.39 Å². The van der Waals surface area contributed by atoms with Gasteiger partial charge in [-0.2, -0.15) is 0 Å². The van der Waals surface area contributed by atoms with Crippen LogP contribution in [-0.4, -0.2) is 17.4 Å². The van der Waals surface area contributed by atoms with Gasteiger partial charge in [0.1, 0.15) is 0 Å². The molecule has 0 aliphatic carbocycles. The van der Waals surface area contributed by atoms with Gasteiger partial charge in [0.05, 0.1) is 10.6 Å². The molecule has 0 spiro atoms. The summed E-state index contributed by atoms with van der Waals surface area (Å²) < 4.78 is 26.4. The normalized spacial score (nSPS) is 11.6. The van der Waals surface area contributed by atoms with E-state index in [4.69, 9.17) is 0 Å². The highest BCUT2D eigenvalue weighted by atomic mass is 32.2. The molecule has 4 nitrogen and oxygen atoms in total. The molecule has 0 bridgehead atoms. The zero-order chi connectivity index (χ0) is 14.2. The van der Waals surface area contributed by atoms with Gasteiger partial charge in [0.25, 0.3) is 10.0 Å². The fourth-order valence-electron chi connectivity index (χ4n) is 2.01. The van der Waals surface area contributed by atoms with Gasteiger partial charge in [0.15, 0.2) is 5.65 Å². The van der Waals surface area contributed by atoms with Crippen molar-refractivity contribution in [1.29, 1.82) is 0 Å². The molecule has 2 heterocycles. The predicted octanol–water partition coefficient (Wildman–Crippen LogP) is 2.92. The molecular weight excluding hydrogens is 272 g/mol. The van der Waals surface area contributed by atoms with Crippen molar-refractivity contribution in [2.24, 2.45) is 0 Å². The zero-order valence-electron chi connectivity index (χ0n) is 10.6. The molecule has 0 unspecified atom stereocenters. The summed E-state index contributed by atoms with van der Waals surface area (Å²) in [5.41, 5.74) is 1.05. The van der Waals surface area contributed by atoms with E-state index in [0.29, 0.717) is 11.3 Å². The lowest BCUT2D eigenvalue weighted by Gasteiger charge is -2.07. The second-order valence-corrected chi connectivity index (χ2v) is 6.10. The first-order valence-corrected chi connectivity index (χ1v) is 7.48. The minimum Gasteiger partial charge on any atom is -0.229 e. The summed E-state index contributed by atoms with van der Waals surface area (Å²) in [7, 11) is -3.63. The lowest BCUT2D eigenvalue weighted by atomic mass is 10.3. The van der Waals surface area contributed by atoms with Crippen LogP contribution in [0.5, 0.6) is 0 Å². The van der Waals surface area contributed by atoms with Crippen molar-refractivity contribution in [1.82, 2.24) is 8.96 Å². The fraction of sp³-hybridized carbons (Fsp3) is 0. The van der Waals surface area contributed by atoms with Gasteiger partial charge in [-0.3, -0.25) is 0 Å². The van der Waals surface area contributed by atoms with Crippen LogP contribution < -0.4 is 0 Å². The van der Waals surface area contributed by atoms with Crippen LogP contribution in [0.4, 0.5) is 0 Å². The fourth-order valence-corrected chi connectivity index (χ4v) is 3.34. The van der Waals surface area contributed by atoms with Crippen LogP contribution in [0.2, 0.25) is 0 Å². The Morgan fingerprint density at radius 2 is 1.80 bits per heavy atom. The van der Waals surface area contributed by atoms with Gasteiger partial charge in [0.2, 0.25) is 0 Å². The summed E-state index contributed by atoms with van der Waals surface area (Å²) in [6, 6.07) is 13.7. The van der Waals surface area contributed by atoms with Crippen LogP contribution in [0.15, 0.2) is 66.2 Å². The Balaban J connectivity index is 2.27. The number of aromatic nitrogens is 2. The van der Waals surface area contributed by atoms with Crippen LogP contribution in [-0.2, 0) is 10.0 Å². The van der Waals surface area contributed by atoms with E-state index in [1.54, 1.807) is 48.5 Å². The van der Waals surface area contributed by atoms with E-state index >= 15 is 0 Å². The first-order chi connectivity index (χ1) is 9.63. The Hall–Kier alpha value is -2.40. The van der Waals surface area contributed by atoms with Crippen LogP contribution in [0, 0.1) is 0 Å². The number of fused-ring (bicyclic) bond motifs is 1. The highest BCUT2D eigenvalue weighted by Gasteiger charge is 2.19. The summed E-state index contributed by atoms with van der Waals surface area (Å²) in [6.45, 7) is 3.65. The van der Waals surface area contributed by atoms with Crippen molar-refractivity contribution >= 4 is 27.1 Å². The average molecular weight is 284 g/mol. The third kappa shape index (κ3) is 1.92. The summed E-state index contributed by atoms with van der Waals surface area (Å²) >= 11 is 0. The number of benzene rings is 1. The van der Waals surface area contributed by atoms with E-state index in [1.807, 2.05) is 6.07 Å². The summed E-state index contributed by atoms with van der Waals surface area (Å²) in [6.07, 6.45) is 3.11. The van der Waals surface area contributed by atoms with Crippen molar-refractivity contribution in [3.05, 3.63) is 67.0 Å². The Morgan fingerprint density at radius 3 is 2.50 bits per heavy atom. The maximum atomic E-state index is 12.6. The van der Waals surface area contributed by atoms with E-state index in [2.05, 4.69) is 11.6 Å². The predicted molar refractivity (Wildman–Crippen MR) is 78.8 cm³/mol. The van der Waals surface area contributed by atoms with Gasteiger partial charge in [0, 0.05) is 11.6 Å². The number of pyridine rings is 1. The third-order valence-electron chi connectivity index (χ3n) is 3.03. The minimum absolute atomic E-state index is 0.239. The molecule has 0 atom stereocenters. The Bertz CT molecular complexity index is 881. The van der Waals surface area contributed by atoms with Gasteiger partial charge in [-0.25, -0.2) is 17.4 Å². The molecule has 0 fully saturated rings. The smallest absolute Gasteiger partial charge is 0.229 e. The first-order valence-electron chi connectivity index (χ1n) is 6.04. The van der Waals surface area contributed by atoms with Crippen molar-refractivity contribution in [2.75, 3.05) is 0 Å². The maximum Gasteiger partial charge on any atom is 0.269 e. The van der Waals surface area contributed by atoms with Crippen LogP contribution in [0.25, 0.3) is 17.1 Å². The van der Waals surface area contributed by atoms with Crippen molar-refractivity contribution in [3.8, 4) is 0 Å². The van der Waals surface area contributed by atoms with E-state index < -0.39 is 10.0 Å². The molecule has 0 saturated carbocycles. The molecule has 1 aromatic carbocycles. The van der Waals surface area contributed by atoms with Gasteiger partial charge < -0.3 is 0 Å². The number of hydrogen-bond acceptors (Lipinski definition) is 3. The standard InChI is InChI=1S/C15H12N2O2S/c1-2-13-9-8-12-10-11-17(15(12)16-13)20(18,19)14-6-4-3-5-7-14/h2-11H,1H2. The number of nitrogens with zero attached hydrogens (tertiary/aromatic N) is 2. The molecule has 0 radical (unpaired) electrons. The van der Waals surface area contributed by atoms with Crippen LogP contribution in [0.1, 0.15) is 5.69 Å². The molecule has 100 valence electrons. The minimum atomic E-state index is -3.63. The Labute approximate surface area is 117 Å². The van der Waals surface area contributed by atoms with Crippen LogP contribution >= 0.6 is 0 Å². The molecule has 0 N–H and O–H groups in total. The quantitative estimate of drug-likeness (QED) is 0.743. The molecule has 0 amide bonds. The second-order valence-electron chi connectivity index (χ2n) is 4.28. The number of rotatable bonds is 3. The molecule has 0 saturated heterocycles.